The number of benzene rings is 3. The summed E-state index contributed by atoms with van der Waals surface area (Å²) in [4.78, 5) is 45.1. The average Bonchev–Trinajstić information content (AvgIpc) is 3.17. The largest absolute Gasteiger partial charge is 0.497 e. The highest BCUT2D eigenvalue weighted by atomic mass is 19.4. The van der Waals surface area contributed by atoms with Crippen molar-refractivity contribution < 1.29 is 32.2 Å². The summed E-state index contributed by atoms with van der Waals surface area (Å²) in [5.41, 5.74) is 1.39. The van der Waals surface area contributed by atoms with Gasteiger partial charge in [0.05, 0.1) is 50.2 Å². The lowest BCUT2D eigenvalue weighted by Crippen LogP contribution is -2.38. The van der Waals surface area contributed by atoms with E-state index in [2.05, 4.69) is 35.4 Å². The van der Waals surface area contributed by atoms with Gasteiger partial charge in [0, 0.05) is 85.8 Å². The number of carbonyl (C=O) groups is 1. The smallest absolute Gasteiger partial charge is 0.416 e. The van der Waals surface area contributed by atoms with Crippen LogP contribution in [-0.2, 0) is 22.1 Å². The molecule has 53 heavy (non-hydrogen) atoms. The van der Waals surface area contributed by atoms with E-state index >= 15 is 0 Å². The molecule has 2 saturated heterocycles. The van der Waals surface area contributed by atoms with Gasteiger partial charge in [-0.25, -0.2) is 9.78 Å². The molecule has 5 aromatic rings. The molecule has 0 bridgehead atoms. The Morgan fingerprint density at radius 2 is 1.62 bits per heavy atom. The molecule has 2 aliphatic rings. The summed E-state index contributed by atoms with van der Waals surface area (Å²) in [6, 6.07) is 16.7. The molecule has 2 fully saturated rings. The van der Waals surface area contributed by atoms with E-state index in [0.29, 0.717) is 61.9 Å². The van der Waals surface area contributed by atoms with Crippen molar-refractivity contribution in [3.8, 4) is 11.4 Å². The number of anilines is 4. The van der Waals surface area contributed by atoms with Crippen LogP contribution in [-0.4, -0.2) is 96.6 Å². The number of methoxy groups -OCH3 is 1. The second-order valence-electron chi connectivity index (χ2n) is 12.5. The lowest BCUT2D eigenvalue weighted by Gasteiger charge is -2.28. The zero-order chi connectivity index (χ0) is 37.0. The Hall–Kier alpha value is -5.58. The van der Waals surface area contributed by atoms with E-state index in [1.807, 2.05) is 24.3 Å². The Balaban J connectivity index is 1.22. The molecule has 7 rings (SSSR count). The van der Waals surface area contributed by atoms with Crippen molar-refractivity contribution in [3.63, 3.8) is 0 Å². The zero-order valence-electron chi connectivity index (χ0n) is 28.9. The van der Waals surface area contributed by atoms with E-state index < -0.39 is 23.3 Å². The Morgan fingerprint density at radius 3 is 2.34 bits per heavy atom. The van der Waals surface area contributed by atoms with Gasteiger partial charge >= 0.3 is 11.9 Å². The Morgan fingerprint density at radius 1 is 0.887 bits per heavy atom. The van der Waals surface area contributed by atoms with Gasteiger partial charge in [-0.15, -0.1) is 0 Å². The number of ether oxygens (including phenoxy) is 3. The molecule has 1 amide bonds. The van der Waals surface area contributed by atoms with Crippen LogP contribution in [0.25, 0.3) is 16.7 Å². The third-order valence-corrected chi connectivity index (χ3v) is 9.11. The standard InChI is InChI=1S/C37H37F3N8O5/c1-51-30-21-27(42-34(49)24-3-2-4-25(19-24)37(38,39)40)20-29(22-30)48-32(9-10-46-11-15-52-16-12-46)31-23-41-35(44-33(31)45-36(48)50)43-26-5-7-28(8-6-26)47-13-17-53-18-14-47/h2-8,19-23H,9-18H2,1H3,(H,42,49)(H,43,44,45,50). The maximum atomic E-state index is 13.9. The number of nitrogens with zero attached hydrogens (tertiary/aromatic N) is 6. The predicted octanol–water partition coefficient (Wildman–Crippen LogP) is 4.91. The Bertz CT molecular complexity index is 2150. The van der Waals surface area contributed by atoms with Gasteiger partial charge < -0.3 is 29.7 Å². The van der Waals surface area contributed by atoms with Crippen LogP contribution in [0.3, 0.4) is 0 Å². The number of aromatic nitrogens is 4. The maximum Gasteiger partial charge on any atom is 0.416 e. The molecule has 4 heterocycles. The summed E-state index contributed by atoms with van der Waals surface area (Å²) < 4.78 is 57.9. The Kier molecular flexibility index (Phi) is 10.5. The highest BCUT2D eigenvalue weighted by Gasteiger charge is 2.31. The van der Waals surface area contributed by atoms with Crippen molar-refractivity contribution in [2.24, 2.45) is 0 Å². The first kappa shape index (κ1) is 35.8. The summed E-state index contributed by atoms with van der Waals surface area (Å²) in [7, 11) is 1.43. The van der Waals surface area contributed by atoms with Crippen molar-refractivity contribution in [3.05, 3.63) is 100 Å². The molecule has 13 nitrogen and oxygen atoms in total. The zero-order valence-corrected chi connectivity index (χ0v) is 28.9. The van der Waals surface area contributed by atoms with Gasteiger partial charge in [-0.2, -0.15) is 23.1 Å². The second-order valence-corrected chi connectivity index (χ2v) is 12.5. The van der Waals surface area contributed by atoms with Gasteiger partial charge in [0.25, 0.3) is 5.91 Å². The van der Waals surface area contributed by atoms with Crippen molar-refractivity contribution in [2.75, 3.05) is 81.8 Å². The third-order valence-electron chi connectivity index (χ3n) is 9.11. The molecule has 0 radical (unpaired) electrons. The van der Waals surface area contributed by atoms with E-state index in [-0.39, 0.29) is 22.8 Å². The van der Waals surface area contributed by atoms with Crippen LogP contribution in [0.4, 0.5) is 36.2 Å². The number of hydrogen-bond acceptors (Lipinski definition) is 11. The number of alkyl halides is 3. The predicted molar refractivity (Wildman–Crippen MR) is 193 cm³/mol. The van der Waals surface area contributed by atoms with Crippen LogP contribution in [0.5, 0.6) is 5.75 Å². The molecule has 0 aliphatic carbocycles. The summed E-state index contributed by atoms with van der Waals surface area (Å²) in [5.74, 6) is -0.208. The molecule has 2 aromatic heterocycles. The first-order valence-corrected chi connectivity index (χ1v) is 17.1. The average molecular weight is 731 g/mol. The molecule has 2 N–H and O–H groups in total. The van der Waals surface area contributed by atoms with E-state index in [4.69, 9.17) is 14.2 Å². The highest BCUT2D eigenvalue weighted by Crippen LogP contribution is 2.31. The van der Waals surface area contributed by atoms with Gasteiger partial charge in [-0.3, -0.25) is 14.3 Å². The number of rotatable bonds is 10. The summed E-state index contributed by atoms with van der Waals surface area (Å²) in [6.45, 7) is 6.27. The molecular weight excluding hydrogens is 693 g/mol. The fraction of sp³-hybridized carbons (Fsp3) is 0.324. The van der Waals surface area contributed by atoms with Gasteiger partial charge in [0.1, 0.15) is 5.75 Å². The molecule has 3 aromatic carbocycles. The molecule has 16 heteroatoms. The normalized spacial score (nSPS) is 15.4. The molecular formula is C37H37F3N8O5. The third kappa shape index (κ3) is 8.40. The second kappa shape index (κ2) is 15.6. The number of amides is 1. The molecule has 0 atom stereocenters. The fourth-order valence-corrected chi connectivity index (χ4v) is 6.35. The van der Waals surface area contributed by atoms with Gasteiger partial charge in [-0.05, 0) is 48.5 Å². The van der Waals surface area contributed by atoms with E-state index in [1.54, 1.807) is 18.3 Å². The van der Waals surface area contributed by atoms with Crippen molar-refractivity contribution in [1.82, 2.24) is 24.4 Å². The monoisotopic (exact) mass is 730 g/mol. The summed E-state index contributed by atoms with van der Waals surface area (Å²) in [6.07, 6.45) is -2.58. The maximum absolute atomic E-state index is 13.9. The minimum atomic E-state index is -4.61. The quantitative estimate of drug-likeness (QED) is 0.203. The van der Waals surface area contributed by atoms with Crippen molar-refractivity contribution >= 4 is 40.0 Å². The van der Waals surface area contributed by atoms with Gasteiger partial charge in [0.2, 0.25) is 5.95 Å². The summed E-state index contributed by atoms with van der Waals surface area (Å²) >= 11 is 0. The number of carbonyl (C=O) groups excluding carboxylic acids is 1. The topological polar surface area (TPSA) is 136 Å². The van der Waals surface area contributed by atoms with Crippen LogP contribution < -0.4 is 26.0 Å². The van der Waals surface area contributed by atoms with Gasteiger partial charge in [0.15, 0.2) is 5.65 Å². The minimum absolute atomic E-state index is 0.186. The minimum Gasteiger partial charge on any atom is -0.497 e. The number of nitrogens with one attached hydrogen (secondary N) is 2. The fourth-order valence-electron chi connectivity index (χ4n) is 6.35. The molecule has 2 aliphatic heterocycles. The lowest BCUT2D eigenvalue weighted by molar-refractivity contribution is -0.137. The number of halogens is 3. The number of morpholine rings is 2. The van der Waals surface area contributed by atoms with E-state index in [0.717, 1.165) is 49.7 Å². The van der Waals surface area contributed by atoms with Crippen LogP contribution in [0, 0.1) is 0 Å². The number of fused-ring (bicyclic) bond motifs is 1. The SMILES string of the molecule is COc1cc(NC(=O)c2cccc(C(F)(F)F)c2)cc(-n2c(CCN3CCOCC3)c3cnc(Nc4ccc(N5CCOCC5)cc4)nc3nc2=O)c1. The van der Waals surface area contributed by atoms with E-state index in [9.17, 15) is 22.8 Å². The first-order chi connectivity index (χ1) is 25.6. The number of hydrogen-bond donors (Lipinski definition) is 2. The van der Waals surface area contributed by atoms with Crippen molar-refractivity contribution in [2.45, 2.75) is 12.6 Å². The summed E-state index contributed by atoms with van der Waals surface area (Å²) in [5, 5.41) is 6.40. The molecule has 0 saturated carbocycles. The molecule has 0 unspecified atom stereocenters. The van der Waals surface area contributed by atoms with Crippen LogP contribution >= 0.6 is 0 Å². The van der Waals surface area contributed by atoms with Gasteiger partial charge in [-0.1, -0.05) is 6.07 Å². The van der Waals surface area contributed by atoms with E-state index in [1.165, 1.54) is 29.9 Å². The van der Waals surface area contributed by atoms with Crippen LogP contribution in [0.2, 0.25) is 0 Å². The van der Waals surface area contributed by atoms with Crippen molar-refractivity contribution in [1.29, 1.82) is 0 Å². The highest BCUT2D eigenvalue weighted by molar-refractivity contribution is 6.04. The van der Waals surface area contributed by atoms with Crippen LogP contribution in [0.1, 0.15) is 21.6 Å². The lowest BCUT2D eigenvalue weighted by atomic mass is 10.1. The first-order valence-electron chi connectivity index (χ1n) is 17.1. The molecule has 276 valence electrons. The molecule has 0 spiro atoms. The Labute approximate surface area is 302 Å². The van der Waals surface area contributed by atoms with Crippen LogP contribution in [0.15, 0.2) is 77.7 Å².